The highest BCUT2D eigenvalue weighted by atomic mass is 19.1. The number of unbranched alkanes of at least 4 members (excludes halogenated alkanes) is 1. The number of benzene rings is 1. The average molecular weight is 423 g/mol. The molecule has 1 aliphatic heterocycles. The summed E-state index contributed by atoms with van der Waals surface area (Å²) in [6.07, 6.45) is 5.66. The number of nitriles is 1. The standard InChI is InChI=1S/C23H27FN6O/c1-2-3-16-31-22-20-19(8-13-27-22)30(23(9-12-25)10-14-26-15-11-23)29-21(20)28-18-6-4-17(24)5-7-18/h4-8,13,26H,2-3,9-11,14-16H2,1H3,(H,28,29). The highest BCUT2D eigenvalue weighted by Crippen LogP contribution is 2.39. The number of ether oxygens (including phenoxy) is 1. The second kappa shape index (κ2) is 9.31. The minimum Gasteiger partial charge on any atom is -0.477 e. The molecular weight excluding hydrogens is 395 g/mol. The van der Waals surface area contributed by atoms with Crippen molar-refractivity contribution in [1.82, 2.24) is 20.1 Å². The molecule has 3 aromatic rings. The van der Waals surface area contributed by atoms with Crippen molar-refractivity contribution >= 4 is 22.4 Å². The Morgan fingerprint density at radius 1 is 1.26 bits per heavy atom. The molecule has 4 rings (SSSR count). The lowest BCUT2D eigenvalue weighted by atomic mass is 9.85. The van der Waals surface area contributed by atoms with Gasteiger partial charge in [0.15, 0.2) is 5.82 Å². The predicted molar refractivity (Wildman–Crippen MR) is 118 cm³/mol. The summed E-state index contributed by atoms with van der Waals surface area (Å²) in [6.45, 7) is 4.33. The van der Waals surface area contributed by atoms with Crippen molar-refractivity contribution < 1.29 is 9.13 Å². The topological polar surface area (TPSA) is 87.8 Å². The van der Waals surface area contributed by atoms with Gasteiger partial charge in [-0.05, 0) is 62.7 Å². The molecule has 7 nitrogen and oxygen atoms in total. The zero-order valence-electron chi connectivity index (χ0n) is 17.7. The highest BCUT2D eigenvalue weighted by Gasteiger charge is 2.37. The Bertz CT molecular complexity index is 1070. The van der Waals surface area contributed by atoms with Gasteiger partial charge < -0.3 is 15.4 Å². The van der Waals surface area contributed by atoms with Gasteiger partial charge in [-0.3, -0.25) is 4.68 Å². The first-order valence-corrected chi connectivity index (χ1v) is 10.8. The van der Waals surface area contributed by atoms with Crippen LogP contribution in [0.4, 0.5) is 15.9 Å². The fourth-order valence-corrected chi connectivity index (χ4v) is 4.08. The molecule has 2 N–H and O–H groups in total. The van der Waals surface area contributed by atoms with Gasteiger partial charge in [-0.15, -0.1) is 0 Å². The van der Waals surface area contributed by atoms with Gasteiger partial charge in [-0.1, -0.05) is 13.3 Å². The molecule has 1 saturated heterocycles. The maximum Gasteiger partial charge on any atom is 0.226 e. The third kappa shape index (κ3) is 4.32. The number of hydrogen-bond donors (Lipinski definition) is 2. The van der Waals surface area contributed by atoms with E-state index in [4.69, 9.17) is 9.84 Å². The Kier molecular flexibility index (Phi) is 6.33. The molecule has 0 spiro atoms. The number of piperidine rings is 1. The van der Waals surface area contributed by atoms with Gasteiger partial charge in [0.1, 0.15) is 11.2 Å². The normalized spacial score (nSPS) is 15.5. The SMILES string of the molecule is CCCCOc1nccc2c1c(Nc1ccc(F)cc1)nn2C1(CC#N)CCNCC1. The molecule has 1 aliphatic rings. The number of nitrogens with one attached hydrogen (secondary N) is 2. The zero-order chi connectivity index (χ0) is 21.7. The number of halogens is 1. The van der Waals surface area contributed by atoms with Gasteiger partial charge in [0.05, 0.1) is 30.2 Å². The van der Waals surface area contributed by atoms with Crippen molar-refractivity contribution in [3.05, 3.63) is 42.3 Å². The van der Waals surface area contributed by atoms with Gasteiger partial charge in [0, 0.05) is 11.9 Å². The van der Waals surface area contributed by atoms with Gasteiger partial charge in [0.2, 0.25) is 5.88 Å². The summed E-state index contributed by atoms with van der Waals surface area (Å²) in [7, 11) is 0. The monoisotopic (exact) mass is 422 g/mol. The molecule has 0 amide bonds. The second-order valence-corrected chi connectivity index (χ2v) is 7.91. The number of fused-ring (bicyclic) bond motifs is 1. The van der Waals surface area contributed by atoms with Crippen LogP contribution in [0.25, 0.3) is 10.9 Å². The van der Waals surface area contributed by atoms with Gasteiger partial charge in [-0.25, -0.2) is 9.37 Å². The van der Waals surface area contributed by atoms with Crippen LogP contribution in [0.3, 0.4) is 0 Å². The molecule has 1 aromatic carbocycles. The van der Waals surface area contributed by atoms with E-state index in [0.717, 1.165) is 55.4 Å². The van der Waals surface area contributed by atoms with Crippen molar-refractivity contribution in [1.29, 1.82) is 5.26 Å². The first kappa shape index (κ1) is 21.1. The van der Waals surface area contributed by atoms with Crippen LogP contribution < -0.4 is 15.4 Å². The van der Waals surface area contributed by atoms with E-state index in [1.165, 1.54) is 12.1 Å². The summed E-state index contributed by atoms with van der Waals surface area (Å²) >= 11 is 0. The van der Waals surface area contributed by atoms with E-state index in [1.807, 2.05) is 10.7 Å². The Morgan fingerprint density at radius 3 is 2.74 bits per heavy atom. The van der Waals surface area contributed by atoms with E-state index in [1.54, 1.807) is 18.3 Å². The zero-order valence-corrected chi connectivity index (χ0v) is 17.7. The van der Waals surface area contributed by atoms with E-state index in [-0.39, 0.29) is 5.82 Å². The third-order valence-corrected chi connectivity index (χ3v) is 5.79. The molecule has 31 heavy (non-hydrogen) atoms. The largest absolute Gasteiger partial charge is 0.477 e. The van der Waals surface area contributed by atoms with Crippen LogP contribution in [0.2, 0.25) is 0 Å². The summed E-state index contributed by atoms with van der Waals surface area (Å²) in [4.78, 5) is 4.47. The molecule has 0 radical (unpaired) electrons. The van der Waals surface area contributed by atoms with Crippen LogP contribution in [0, 0.1) is 17.1 Å². The minimum atomic E-state index is -0.400. The van der Waals surface area contributed by atoms with Crippen LogP contribution >= 0.6 is 0 Å². The first-order chi connectivity index (χ1) is 15.2. The molecule has 2 aromatic heterocycles. The summed E-state index contributed by atoms with van der Waals surface area (Å²) in [6, 6.07) is 10.4. The molecular formula is C23H27FN6O. The second-order valence-electron chi connectivity index (χ2n) is 7.91. The van der Waals surface area contributed by atoms with Gasteiger partial charge >= 0.3 is 0 Å². The quantitative estimate of drug-likeness (QED) is 0.520. The minimum absolute atomic E-state index is 0.297. The summed E-state index contributed by atoms with van der Waals surface area (Å²) in [5.41, 5.74) is 1.20. The maximum absolute atomic E-state index is 13.4. The fourth-order valence-electron chi connectivity index (χ4n) is 4.08. The van der Waals surface area contributed by atoms with E-state index >= 15 is 0 Å². The lowest BCUT2D eigenvalue weighted by Crippen LogP contribution is -2.44. The first-order valence-electron chi connectivity index (χ1n) is 10.8. The number of rotatable bonds is 8. The molecule has 0 atom stereocenters. The summed E-state index contributed by atoms with van der Waals surface area (Å²) < 4.78 is 21.4. The van der Waals surface area contributed by atoms with Crippen LogP contribution in [0.1, 0.15) is 39.0 Å². The van der Waals surface area contributed by atoms with E-state index in [9.17, 15) is 9.65 Å². The van der Waals surface area contributed by atoms with Crippen LogP contribution in [0.15, 0.2) is 36.5 Å². The number of hydrogen-bond acceptors (Lipinski definition) is 6. The lowest BCUT2D eigenvalue weighted by molar-refractivity contribution is 0.197. The number of nitrogens with zero attached hydrogens (tertiary/aromatic N) is 4. The van der Waals surface area contributed by atoms with Crippen molar-refractivity contribution in [2.75, 3.05) is 25.0 Å². The summed E-state index contributed by atoms with van der Waals surface area (Å²) in [5.74, 6) is 0.814. The number of aromatic nitrogens is 3. The smallest absolute Gasteiger partial charge is 0.226 e. The average Bonchev–Trinajstić information content (AvgIpc) is 3.16. The Hall–Kier alpha value is -3.18. The van der Waals surface area contributed by atoms with Gasteiger partial charge in [0.25, 0.3) is 0 Å². The lowest BCUT2D eigenvalue weighted by Gasteiger charge is -2.36. The molecule has 1 fully saturated rings. The maximum atomic E-state index is 13.4. The van der Waals surface area contributed by atoms with Crippen molar-refractivity contribution in [2.24, 2.45) is 0 Å². The Labute approximate surface area is 181 Å². The third-order valence-electron chi connectivity index (χ3n) is 5.79. The Balaban J connectivity index is 1.84. The molecule has 0 aliphatic carbocycles. The summed E-state index contributed by atoms with van der Waals surface area (Å²) in [5, 5.41) is 22.0. The van der Waals surface area contributed by atoms with Crippen LogP contribution in [-0.4, -0.2) is 34.5 Å². The van der Waals surface area contributed by atoms with E-state index in [0.29, 0.717) is 24.7 Å². The number of anilines is 2. The molecule has 8 heteroatoms. The van der Waals surface area contributed by atoms with Crippen molar-refractivity contribution in [2.45, 2.75) is 44.6 Å². The molecule has 0 bridgehead atoms. The predicted octanol–water partition coefficient (Wildman–Crippen LogP) is 4.49. The molecule has 0 saturated carbocycles. The fraction of sp³-hybridized carbons (Fsp3) is 0.435. The Morgan fingerprint density at radius 2 is 2.03 bits per heavy atom. The van der Waals surface area contributed by atoms with Crippen LogP contribution in [-0.2, 0) is 5.54 Å². The van der Waals surface area contributed by atoms with E-state index < -0.39 is 5.54 Å². The van der Waals surface area contributed by atoms with Crippen molar-refractivity contribution in [3.8, 4) is 11.9 Å². The van der Waals surface area contributed by atoms with Crippen LogP contribution in [0.5, 0.6) is 5.88 Å². The van der Waals surface area contributed by atoms with Crippen molar-refractivity contribution in [3.63, 3.8) is 0 Å². The van der Waals surface area contributed by atoms with E-state index in [2.05, 4.69) is 28.6 Å². The molecule has 0 unspecified atom stereocenters. The van der Waals surface area contributed by atoms with Gasteiger partial charge in [-0.2, -0.15) is 10.4 Å². The number of pyridine rings is 1. The highest BCUT2D eigenvalue weighted by molar-refractivity contribution is 5.96. The molecule has 3 heterocycles. The molecule has 162 valence electrons.